The summed E-state index contributed by atoms with van der Waals surface area (Å²) in [4.78, 5) is 7.31. The highest BCUT2D eigenvalue weighted by Gasteiger charge is 1.95. The van der Waals surface area contributed by atoms with Crippen molar-refractivity contribution in [3.63, 3.8) is 0 Å². The first-order valence-electron chi connectivity index (χ1n) is 3.53. The summed E-state index contributed by atoms with van der Waals surface area (Å²) in [6, 6.07) is 1.98. The van der Waals surface area contributed by atoms with E-state index in [0.29, 0.717) is 0 Å². The van der Waals surface area contributed by atoms with Crippen LogP contribution in [-0.4, -0.2) is 11.2 Å². The third-order valence-corrected chi connectivity index (χ3v) is 1.43. The minimum Gasteiger partial charge on any atom is -0.363 e. The molecule has 54 valence electrons. The second-order valence-electron chi connectivity index (χ2n) is 2.08. The van der Waals surface area contributed by atoms with Crippen molar-refractivity contribution in [1.29, 1.82) is 0 Å². The highest BCUT2D eigenvalue weighted by molar-refractivity contribution is 5.61. The number of nitrogens with zero attached hydrogens (tertiary/aromatic N) is 1. The van der Waals surface area contributed by atoms with Crippen molar-refractivity contribution < 1.29 is 0 Å². The van der Waals surface area contributed by atoms with E-state index in [1.54, 1.807) is 0 Å². The van der Waals surface area contributed by atoms with Crippen molar-refractivity contribution in [3.8, 4) is 0 Å². The van der Waals surface area contributed by atoms with Crippen molar-refractivity contribution in [2.24, 2.45) is 4.99 Å². The molecule has 1 heterocycles. The number of aromatic nitrogens is 1. The fraction of sp³-hybridized carbons (Fsp3) is 0.375. The molecule has 0 unspecified atom stereocenters. The molecule has 0 spiro atoms. The quantitative estimate of drug-likeness (QED) is 0.604. The number of aromatic amines is 1. The van der Waals surface area contributed by atoms with Gasteiger partial charge in [0, 0.05) is 18.1 Å². The zero-order valence-corrected chi connectivity index (χ0v) is 6.39. The number of aryl methyl sites for hydroxylation is 1. The maximum atomic E-state index is 4.18. The second-order valence-corrected chi connectivity index (χ2v) is 2.08. The summed E-state index contributed by atoms with van der Waals surface area (Å²) in [5.41, 5.74) is 2.27. The normalized spacial score (nSPS) is 11.0. The van der Waals surface area contributed by atoms with Crippen LogP contribution in [0.25, 0.3) is 0 Å². The molecule has 0 saturated heterocycles. The molecule has 2 heteroatoms. The lowest BCUT2D eigenvalue weighted by Crippen LogP contribution is -1.77. The fourth-order valence-electron chi connectivity index (χ4n) is 0.939. The number of hydrogen-bond donors (Lipinski definition) is 1. The Morgan fingerprint density at radius 2 is 2.50 bits per heavy atom. The van der Waals surface area contributed by atoms with E-state index >= 15 is 0 Å². The van der Waals surface area contributed by atoms with Gasteiger partial charge < -0.3 is 4.98 Å². The van der Waals surface area contributed by atoms with E-state index in [0.717, 1.165) is 12.1 Å². The summed E-state index contributed by atoms with van der Waals surface area (Å²) in [6.45, 7) is 4.03. The highest BCUT2D eigenvalue weighted by Crippen LogP contribution is 2.16. The maximum Gasteiger partial charge on any atom is 0.0832 e. The molecule has 0 bridgehead atoms. The van der Waals surface area contributed by atoms with Crippen molar-refractivity contribution in [2.75, 3.05) is 0 Å². The van der Waals surface area contributed by atoms with Crippen molar-refractivity contribution in [1.82, 2.24) is 4.98 Å². The van der Waals surface area contributed by atoms with E-state index in [2.05, 4.69) is 16.9 Å². The van der Waals surface area contributed by atoms with Crippen LogP contribution in [0.3, 0.4) is 0 Å². The van der Waals surface area contributed by atoms with Crippen LogP contribution in [0, 0.1) is 0 Å². The Bertz CT molecular complexity index is 223. The van der Waals surface area contributed by atoms with Gasteiger partial charge in [0.05, 0.1) is 5.69 Å². The van der Waals surface area contributed by atoms with E-state index < -0.39 is 0 Å². The van der Waals surface area contributed by atoms with Gasteiger partial charge in [-0.2, -0.15) is 0 Å². The fourth-order valence-corrected chi connectivity index (χ4v) is 0.939. The lowest BCUT2D eigenvalue weighted by atomic mass is 10.3. The summed E-state index contributed by atoms with van der Waals surface area (Å²) in [5.74, 6) is 0. The van der Waals surface area contributed by atoms with Gasteiger partial charge in [-0.05, 0) is 19.4 Å². The van der Waals surface area contributed by atoms with Gasteiger partial charge in [-0.1, -0.05) is 6.92 Å². The Hall–Kier alpha value is -1.05. The van der Waals surface area contributed by atoms with E-state index in [1.807, 2.05) is 25.4 Å². The number of H-pyrrole nitrogens is 1. The topological polar surface area (TPSA) is 28.1 Å². The predicted octanol–water partition coefficient (Wildman–Crippen LogP) is 2.30. The average Bonchev–Trinajstić information content (AvgIpc) is 2.36. The van der Waals surface area contributed by atoms with Gasteiger partial charge in [0.1, 0.15) is 0 Å². The van der Waals surface area contributed by atoms with E-state index in [9.17, 15) is 0 Å². The van der Waals surface area contributed by atoms with E-state index in [4.69, 9.17) is 0 Å². The summed E-state index contributed by atoms with van der Waals surface area (Å²) in [5, 5.41) is 0. The molecule has 2 nitrogen and oxygen atoms in total. The average molecular weight is 136 g/mol. The molecule has 0 amide bonds. The van der Waals surface area contributed by atoms with Crippen molar-refractivity contribution >= 4 is 11.9 Å². The number of nitrogens with one attached hydrogen (secondary N) is 1. The zero-order valence-electron chi connectivity index (χ0n) is 6.39. The SMILES string of the molecule is CC=Nc1cc[nH]c1CC. The Balaban J connectivity index is 2.90. The maximum absolute atomic E-state index is 4.18. The Labute approximate surface area is 61.0 Å². The molecule has 1 rings (SSSR count). The Morgan fingerprint density at radius 1 is 1.70 bits per heavy atom. The number of aliphatic imine (C=N–C) groups is 1. The first-order valence-corrected chi connectivity index (χ1v) is 3.53. The van der Waals surface area contributed by atoms with E-state index in [1.165, 1.54) is 5.69 Å². The third-order valence-electron chi connectivity index (χ3n) is 1.43. The summed E-state index contributed by atoms with van der Waals surface area (Å²) >= 11 is 0. The first-order chi connectivity index (χ1) is 4.88. The molecule has 1 aromatic rings. The molecule has 0 atom stereocenters. The molecule has 10 heavy (non-hydrogen) atoms. The first kappa shape index (κ1) is 7.06. The minimum absolute atomic E-state index is 1.01. The van der Waals surface area contributed by atoms with Gasteiger partial charge >= 0.3 is 0 Å². The second kappa shape index (κ2) is 3.20. The van der Waals surface area contributed by atoms with Crippen LogP contribution < -0.4 is 0 Å². The van der Waals surface area contributed by atoms with Crippen LogP contribution in [-0.2, 0) is 6.42 Å². The lowest BCUT2D eigenvalue weighted by molar-refractivity contribution is 1.06. The van der Waals surface area contributed by atoms with Crippen LogP contribution in [0.2, 0.25) is 0 Å². The minimum atomic E-state index is 1.01. The molecular formula is C8H12N2. The zero-order chi connectivity index (χ0) is 7.40. The standard InChI is InChI=1S/C8H12N2/c1-3-7-8(9-4-2)5-6-10-7/h4-6,10H,3H2,1-2H3. The molecule has 0 aliphatic rings. The Kier molecular flexibility index (Phi) is 2.26. The van der Waals surface area contributed by atoms with Gasteiger partial charge in [-0.3, -0.25) is 4.99 Å². The van der Waals surface area contributed by atoms with Crippen molar-refractivity contribution in [3.05, 3.63) is 18.0 Å². The van der Waals surface area contributed by atoms with E-state index in [-0.39, 0.29) is 0 Å². The molecule has 0 aromatic carbocycles. The predicted molar refractivity (Wildman–Crippen MR) is 44.0 cm³/mol. The molecule has 0 saturated carbocycles. The molecule has 0 aliphatic heterocycles. The molecule has 0 radical (unpaired) electrons. The lowest BCUT2D eigenvalue weighted by Gasteiger charge is -1.91. The highest BCUT2D eigenvalue weighted by atomic mass is 14.8. The summed E-state index contributed by atoms with van der Waals surface area (Å²) in [7, 11) is 0. The number of hydrogen-bond acceptors (Lipinski definition) is 1. The summed E-state index contributed by atoms with van der Waals surface area (Å²) in [6.07, 6.45) is 4.74. The van der Waals surface area contributed by atoms with Crippen LogP contribution in [0.4, 0.5) is 5.69 Å². The van der Waals surface area contributed by atoms with Crippen LogP contribution >= 0.6 is 0 Å². The van der Waals surface area contributed by atoms with Gasteiger partial charge in [-0.25, -0.2) is 0 Å². The van der Waals surface area contributed by atoms with Gasteiger partial charge in [-0.15, -0.1) is 0 Å². The molecule has 0 fully saturated rings. The molecule has 1 aromatic heterocycles. The third kappa shape index (κ3) is 1.26. The largest absolute Gasteiger partial charge is 0.363 e. The van der Waals surface area contributed by atoms with Crippen LogP contribution in [0.15, 0.2) is 17.3 Å². The van der Waals surface area contributed by atoms with Crippen molar-refractivity contribution in [2.45, 2.75) is 20.3 Å². The number of rotatable bonds is 2. The van der Waals surface area contributed by atoms with Crippen LogP contribution in [0.5, 0.6) is 0 Å². The summed E-state index contributed by atoms with van der Waals surface area (Å²) < 4.78 is 0. The molecular weight excluding hydrogens is 124 g/mol. The van der Waals surface area contributed by atoms with Gasteiger partial charge in [0.25, 0.3) is 0 Å². The Morgan fingerprint density at radius 3 is 3.10 bits per heavy atom. The van der Waals surface area contributed by atoms with Crippen LogP contribution in [0.1, 0.15) is 19.5 Å². The monoisotopic (exact) mass is 136 g/mol. The van der Waals surface area contributed by atoms with Gasteiger partial charge in [0.2, 0.25) is 0 Å². The van der Waals surface area contributed by atoms with Gasteiger partial charge in [0.15, 0.2) is 0 Å². The molecule has 0 aliphatic carbocycles. The smallest absolute Gasteiger partial charge is 0.0832 e. The molecule has 1 N–H and O–H groups in total.